The molecule has 2 aromatic carbocycles. The highest BCUT2D eigenvalue weighted by Crippen LogP contribution is 2.29. The zero-order valence-electron chi connectivity index (χ0n) is 15.4. The van der Waals surface area contributed by atoms with E-state index in [1.54, 1.807) is 6.07 Å². The molecule has 0 amide bonds. The lowest BCUT2D eigenvalue weighted by molar-refractivity contribution is 0.354. The van der Waals surface area contributed by atoms with Gasteiger partial charge in [0.1, 0.15) is 0 Å². The van der Waals surface area contributed by atoms with E-state index in [1.807, 2.05) is 18.2 Å². The first-order valence-electron chi connectivity index (χ1n) is 8.53. The molecule has 0 saturated heterocycles. The number of rotatable bonds is 10. The monoisotopic (exact) mass is 378 g/mol. The minimum Gasteiger partial charge on any atom is -0.493 e. The Labute approximate surface area is 155 Å². The molecule has 0 atom stereocenters. The number of ether oxygens (including phenoxy) is 2. The Balaban J connectivity index is 1.94. The van der Waals surface area contributed by atoms with Gasteiger partial charge in [-0.25, -0.2) is 13.1 Å². The van der Waals surface area contributed by atoms with Crippen molar-refractivity contribution in [3.63, 3.8) is 0 Å². The molecule has 0 fully saturated rings. The van der Waals surface area contributed by atoms with Crippen LogP contribution in [0.1, 0.15) is 13.3 Å². The van der Waals surface area contributed by atoms with Crippen LogP contribution < -0.4 is 19.1 Å². The molecule has 0 aromatic heterocycles. The highest BCUT2D eigenvalue weighted by molar-refractivity contribution is 7.89. The van der Waals surface area contributed by atoms with E-state index in [-0.39, 0.29) is 4.90 Å². The van der Waals surface area contributed by atoms with Crippen LogP contribution in [-0.4, -0.2) is 42.3 Å². The van der Waals surface area contributed by atoms with E-state index in [2.05, 4.69) is 28.7 Å². The number of nitrogens with zero attached hydrogens (tertiary/aromatic N) is 1. The van der Waals surface area contributed by atoms with E-state index < -0.39 is 10.0 Å². The Bertz CT molecular complexity index is 794. The SMILES string of the molecule is CCN(CCCNS(=O)(=O)c1ccc(OC)c(OC)c1)c1ccccc1. The molecular weight excluding hydrogens is 352 g/mol. The Kier molecular flexibility index (Phi) is 7.29. The predicted octanol–water partition coefficient (Wildman–Crippen LogP) is 2.90. The molecule has 0 spiro atoms. The van der Waals surface area contributed by atoms with Crippen LogP contribution in [-0.2, 0) is 10.0 Å². The largest absolute Gasteiger partial charge is 0.493 e. The minimum absolute atomic E-state index is 0.158. The number of benzene rings is 2. The molecule has 0 aliphatic carbocycles. The fourth-order valence-corrected chi connectivity index (χ4v) is 3.74. The maximum Gasteiger partial charge on any atom is 0.240 e. The average molecular weight is 378 g/mol. The second kappa shape index (κ2) is 9.45. The molecule has 0 unspecified atom stereocenters. The van der Waals surface area contributed by atoms with Crippen molar-refractivity contribution < 1.29 is 17.9 Å². The number of hydrogen-bond acceptors (Lipinski definition) is 5. The molecule has 142 valence electrons. The van der Waals surface area contributed by atoms with Crippen LogP contribution in [0.2, 0.25) is 0 Å². The third-order valence-corrected chi connectivity index (χ3v) is 5.52. The van der Waals surface area contributed by atoms with E-state index in [4.69, 9.17) is 9.47 Å². The molecule has 0 bridgehead atoms. The van der Waals surface area contributed by atoms with Crippen LogP contribution in [0.4, 0.5) is 5.69 Å². The first-order chi connectivity index (χ1) is 12.5. The molecule has 0 radical (unpaired) electrons. The summed E-state index contributed by atoms with van der Waals surface area (Å²) in [5, 5.41) is 0. The summed E-state index contributed by atoms with van der Waals surface area (Å²) in [4.78, 5) is 2.37. The average Bonchev–Trinajstić information content (AvgIpc) is 2.68. The van der Waals surface area contributed by atoms with Gasteiger partial charge in [0.25, 0.3) is 0 Å². The molecule has 2 rings (SSSR count). The van der Waals surface area contributed by atoms with Crippen molar-refractivity contribution in [2.45, 2.75) is 18.2 Å². The van der Waals surface area contributed by atoms with Gasteiger partial charge < -0.3 is 14.4 Å². The summed E-state index contributed by atoms with van der Waals surface area (Å²) in [6.45, 7) is 4.09. The van der Waals surface area contributed by atoms with E-state index in [0.717, 1.165) is 18.8 Å². The molecule has 26 heavy (non-hydrogen) atoms. The predicted molar refractivity (Wildman–Crippen MR) is 104 cm³/mol. The van der Waals surface area contributed by atoms with E-state index >= 15 is 0 Å². The van der Waals surface area contributed by atoms with Gasteiger partial charge in [-0.3, -0.25) is 0 Å². The third kappa shape index (κ3) is 5.12. The summed E-state index contributed by atoms with van der Waals surface area (Å²) in [7, 11) is -0.604. The first kappa shape index (κ1) is 20.1. The normalized spacial score (nSPS) is 11.2. The molecule has 7 heteroatoms. The van der Waals surface area contributed by atoms with Crippen molar-refractivity contribution in [3.8, 4) is 11.5 Å². The van der Waals surface area contributed by atoms with Crippen LogP contribution in [0, 0.1) is 0 Å². The van der Waals surface area contributed by atoms with Gasteiger partial charge in [-0.15, -0.1) is 0 Å². The summed E-state index contributed by atoms with van der Waals surface area (Å²) < 4.78 is 37.9. The van der Waals surface area contributed by atoms with Crippen LogP contribution in [0.5, 0.6) is 11.5 Å². The number of para-hydroxylation sites is 1. The Morgan fingerprint density at radius 1 is 1.00 bits per heavy atom. The molecule has 0 saturated carbocycles. The second-order valence-electron chi connectivity index (χ2n) is 5.68. The lowest BCUT2D eigenvalue weighted by Gasteiger charge is -2.23. The smallest absolute Gasteiger partial charge is 0.240 e. The highest BCUT2D eigenvalue weighted by Gasteiger charge is 2.16. The van der Waals surface area contributed by atoms with Gasteiger partial charge >= 0.3 is 0 Å². The molecular formula is C19H26N2O4S. The van der Waals surface area contributed by atoms with Gasteiger partial charge in [0, 0.05) is 31.4 Å². The summed E-state index contributed by atoms with van der Waals surface area (Å²) in [6.07, 6.45) is 0.704. The van der Waals surface area contributed by atoms with Crippen molar-refractivity contribution in [3.05, 3.63) is 48.5 Å². The standard InChI is InChI=1S/C19H26N2O4S/c1-4-21(16-9-6-5-7-10-16)14-8-13-20-26(22,23)17-11-12-18(24-2)19(15-17)25-3/h5-7,9-12,15,20H,4,8,13-14H2,1-3H3. The van der Waals surface area contributed by atoms with Crippen LogP contribution in [0.25, 0.3) is 0 Å². The third-order valence-electron chi connectivity index (χ3n) is 4.07. The minimum atomic E-state index is -3.59. The number of nitrogens with one attached hydrogen (secondary N) is 1. The molecule has 0 aliphatic rings. The molecule has 1 N–H and O–H groups in total. The van der Waals surface area contributed by atoms with Crippen molar-refractivity contribution >= 4 is 15.7 Å². The topological polar surface area (TPSA) is 67.9 Å². The highest BCUT2D eigenvalue weighted by atomic mass is 32.2. The van der Waals surface area contributed by atoms with Gasteiger partial charge in [0.15, 0.2) is 11.5 Å². The van der Waals surface area contributed by atoms with E-state index in [0.29, 0.717) is 24.5 Å². The van der Waals surface area contributed by atoms with Gasteiger partial charge in [-0.1, -0.05) is 18.2 Å². The fourth-order valence-electron chi connectivity index (χ4n) is 2.65. The maximum atomic E-state index is 12.5. The van der Waals surface area contributed by atoms with Crippen molar-refractivity contribution in [1.82, 2.24) is 4.72 Å². The fraction of sp³-hybridized carbons (Fsp3) is 0.368. The van der Waals surface area contributed by atoms with E-state index in [9.17, 15) is 8.42 Å². The number of methoxy groups -OCH3 is 2. The van der Waals surface area contributed by atoms with Crippen LogP contribution in [0.15, 0.2) is 53.4 Å². The molecule has 0 aliphatic heterocycles. The summed E-state index contributed by atoms with van der Waals surface area (Å²) >= 11 is 0. The van der Waals surface area contributed by atoms with Crippen LogP contribution >= 0.6 is 0 Å². The Morgan fingerprint density at radius 2 is 1.69 bits per heavy atom. The lowest BCUT2D eigenvalue weighted by Crippen LogP contribution is -2.30. The van der Waals surface area contributed by atoms with Gasteiger partial charge in [-0.2, -0.15) is 0 Å². The Morgan fingerprint density at radius 3 is 2.31 bits per heavy atom. The summed E-state index contributed by atoms with van der Waals surface area (Å²) in [6, 6.07) is 14.6. The molecule has 2 aromatic rings. The van der Waals surface area contributed by atoms with Gasteiger partial charge in [0.05, 0.1) is 19.1 Å². The Hall–Kier alpha value is -2.25. The number of anilines is 1. The van der Waals surface area contributed by atoms with Crippen molar-refractivity contribution in [2.75, 3.05) is 38.8 Å². The van der Waals surface area contributed by atoms with Crippen molar-refractivity contribution in [2.24, 2.45) is 0 Å². The quantitative estimate of drug-likeness (QED) is 0.644. The lowest BCUT2D eigenvalue weighted by atomic mass is 10.2. The zero-order valence-corrected chi connectivity index (χ0v) is 16.3. The summed E-state index contributed by atoms with van der Waals surface area (Å²) in [5.41, 5.74) is 1.14. The van der Waals surface area contributed by atoms with Crippen molar-refractivity contribution in [1.29, 1.82) is 0 Å². The zero-order chi connectivity index (χ0) is 19.0. The molecule has 6 nitrogen and oxygen atoms in total. The maximum absolute atomic E-state index is 12.5. The number of hydrogen-bond donors (Lipinski definition) is 1. The first-order valence-corrected chi connectivity index (χ1v) is 10.0. The van der Waals surface area contributed by atoms with Gasteiger partial charge in [-0.05, 0) is 37.6 Å². The molecule has 0 heterocycles. The summed E-state index contributed by atoms with van der Waals surface area (Å²) in [5.74, 6) is 0.879. The van der Waals surface area contributed by atoms with Gasteiger partial charge in [0.2, 0.25) is 10.0 Å². The van der Waals surface area contributed by atoms with E-state index in [1.165, 1.54) is 26.4 Å². The second-order valence-corrected chi connectivity index (χ2v) is 7.45. The number of sulfonamides is 1. The van der Waals surface area contributed by atoms with Crippen LogP contribution in [0.3, 0.4) is 0 Å².